The number of β-lactam (4-membered cyclic amide) rings is 1. The molecule has 0 bridgehead atoms. The van der Waals surface area contributed by atoms with Crippen molar-refractivity contribution in [3.05, 3.63) is 33.7 Å². The minimum absolute atomic E-state index is 0.0212. The Morgan fingerprint density at radius 1 is 1.36 bits per heavy atom. The van der Waals surface area contributed by atoms with Crippen LogP contribution in [0.5, 0.6) is 0 Å². The van der Waals surface area contributed by atoms with E-state index in [1.807, 2.05) is 17.5 Å². The maximum atomic E-state index is 12.7. The first kappa shape index (κ1) is 19.5. The molecule has 3 aliphatic heterocycles. The van der Waals surface area contributed by atoms with Crippen molar-refractivity contribution in [1.82, 2.24) is 10.2 Å². The third-order valence-corrected chi connectivity index (χ3v) is 7.45. The van der Waals surface area contributed by atoms with Gasteiger partial charge in [-0.2, -0.15) is 0 Å². The zero-order valence-corrected chi connectivity index (χ0v) is 16.9. The molecule has 1 aromatic heterocycles. The van der Waals surface area contributed by atoms with E-state index in [2.05, 4.69) is 5.32 Å². The topological polar surface area (TPSA) is 95.9 Å². The van der Waals surface area contributed by atoms with Crippen LogP contribution in [0.2, 0.25) is 0 Å². The predicted octanol–water partition coefficient (Wildman–Crippen LogP) is 1.99. The summed E-state index contributed by atoms with van der Waals surface area (Å²) >= 11 is 3.00. The summed E-state index contributed by atoms with van der Waals surface area (Å²) in [6, 6.07) is 3.08. The lowest BCUT2D eigenvalue weighted by atomic mass is 9.97. The maximum absolute atomic E-state index is 12.7. The fourth-order valence-corrected chi connectivity index (χ4v) is 5.94. The molecule has 3 unspecified atom stereocenters. The Morgan fingerprint density at radius 3 is 2.89 bits per heavy atom. The predicted molar refractivity (Wildman–Crippen MR) is 106 cm³/mol. The standard InChI is InChI=1S/C19H22N2O5S2/c22-14(9-13-5-3-7-27-13)20-15-17(23)21-16(19(24)25)11(10-28-18(15)21)8-12-4-1-2-6-26-12/h3,5,7,12,15,18H,1-2,4,6,8-10H2,(H,20,22)(H,24,25). The first-order chi connectivity index (χ1) is 13.5. The van der Waals surface area contributed by atoms with Crippen LogP contribution in [0.1, 0.15) is 30.6 Å². The highest BCUT2D eigenvalue weighted by atomic mass is 32.2. The molecule has 1 aromatic rings. The fourth-order valence-electron chi connectivity index (χ4n) is 3.88. The van der Waals surface area contributed by atoms with E-state index in [4.69, 9.17) is 4.74 Å². The molecular weight excluding hydrogens is 400 g/mol. The largest absolute Gasteiger partial charge is 0.477 e. The zero-order chi connectivity index (χ0) is 19.7. The van der Waals surface area contributed by atoms with Gasteiger partial charge in [0, 0.05) is 17.2 Å². The van der Waals surface area contributed by atoms with Crippen LogP contribution < -0.4 is 5.32 Å². The fraction of sp³-hybridized carbons (Fsp3) is 0.526. The summed E-state index contributed by atoms with van der Waals surface area (Å²) in [6.07, 6.45) is 3.82. The van der Waals surface area contributed by atoms with E-state index in [0.717, 1.165) is 29.7 Å². The number of hydrogen-bond donors (Lipinski definition) is 2. The van der Waals surface area contributed by atoms with Gasteiger partial charge < -0.3 is 15.2 Å². The Bertz CT molecular complexity index is 801. The molecule has 2 saturated heterocycles. The molecule has 0 aromatic carbocycles. The highest BCUT2D eigenvalue weighted by Gasteiger charge is 2.54. The van der Waals surface area contributed by atoms with Crippen LogP contribution in [0.25, 0.3) is 0 Å². The van der Waals surface area contributed by atoms with Gasteiger partial charge in [-0.25, -0.2) is 4.79 Å². The lowest BCUT2D eigenvalue weighted by Gasteiger charge is -2.49. The van der Waals surface area contributed by atoms with E-state index < -0.39 is 12.0 Å². The summed E-state index contributed by atoms with van der Waals surface area (Å²) < 4.78 is 5.74. The first-order valence-electron chi connectivity index (χ1n) is 9.38. The number of rotatable bonds is 6. The van der Waals surface area contributed by atoms with E-state index >= 15 is 0 Å². The Labute approximate surface area is 171 Å². The molecule has 0 saturated carbocycles. The van der Waals surface area contributed by atoms with Gasteiger partial charge in [0.1, 0.15) is 17.1 Å². The van der Waals surface area contributed by atoms with Gasteiger partial charge in [0.25, 0.3) is 5.91 Å². The van der Waals surface area contributed by atoms with Crippen molar-refractivity contribution >= 4 is 40.9 Å². The van der Waals surface area contributed by atoms with Gasteiger partial charge in [-0.05, 0) is 42.7 Å². The van der Waals surface area contributed by atoms with Crippen molar-refractivity contribution in [2.75, 3.05) is 12.4 Å². The van der Waals surface area contributed by atoms with Crippen LogP contribution in [0.3, 0.4) is 0 Å². The molecule has 4 rings (SSSR count). The number of nitrogens with one attached hydrogen (secondary N) is 1. The number of aliphatic carboxylic acids is 1. The van der Waals surface area contributed by atoms with Gasteiger partial charge in [-0.1, -0.05) is 6.07 Å². The lowest BCUT2D eigenvalue weighted by molar-refractivity contribution is -0.150. The van der Waals surface area contributed by atoms with Crippen molar-refractivity contribution < 1.29 is 24.2 Å². The molecule has 0 spiro atoms. The van der Waals surface area contributed by atoms with Gasteiger partial charge >= 0.3 is 5.97 Å². The van der Waals surface area contributed by atoms with Gasteiger partial charge in [-0.3, -0.25) is 14.5 Å². The monoisotopic (exact) mass is 422 g/mol. The molecule has 0 aliphatic carbocycles. The number of thiophene rings is 1. The number of amides is 2. The summed E-state index contributed by atoms with van der Waals surface area (Å²) in [5.74, 6) is -1.12. The second-order valence-electron chi connectivity index (χ2n) is 7.16. The second-order valence-corrected chi connectivity index (χ2v) is 9.30. The molecule has 4 heterocycles. The molecule has 3 atom stereocenters. The van der Waals surface area contributed by atoms with Gasteiger partial charge in [0.15, 0.2) is 0 Å². The Morgan fingerprint density at radius 2 is 2.21 bits per heavy atom. The summed E-state index contributed by atoms with van der Waals surface area (Å²) in [4.78, 5) is 39.1. The van der Waals surface area contributed by atoms with Crippen LogP contribution in [0, 0.1) is 0 Å². The van der Waals surface area contributed by atoms with Gasteiger partial charge in [-0.15, -0.1) is 23.1 Å². The normalized spacial score (nSPS) is 27.2. The summed E-state index contributed by atoms with van der Waals surface area (Å²) in [7, 11) is 0. The van der Waals surface area contributed by atoms with Crippen molar-refractivity contribution in [2.45, 2.75) is 49.6 Å². The van der Waals surface area contributed by atoms with Crippen molar-refractivity contribution in [3.63, 3.8) is 0 Å². The summed E-state index contributed by atoms with van der Waals surface area (Å²) in [5, 5.41) is 14.0. The van der Waals surface area contributed by atoms with Gasteiger partial charge in [0.05, 0.1) is 12.5 Å². The quantitative estimate of drug-likeness (QED) is 0.681. The minimum Gasteiger partial charge on any atom is -0.477 e. The molecular formula is C19H22N2O5S2. The van der Waals surface area contributed by atoms with Crippen LogP contribution in [-0.2, 0) is 25.5 Å². The smallest absolute Gasteiger partial charge is 0.352 e. The number of ether oxygens (including phenoxy) is 1. The summed E-state index contributed by atoms with van der Waals surface area (Å²) in [6.45, 7) is 0.705. The first-order valence-corrected chi connectivity index (χ1v) is 11.3. The number of hydrogen-bond acceptors (Lipinski definition) is 6. The average molecular weight is 423 g/mol. The molecule has 9 heteroatoms. The van der Waals surface area contributed by atoms with E-state index in [0.29, 0.717) is 18.8 Å². The Balaban J connectivity index is 1.44. The highest BCUT2D eigenvalue weighted by Crippen LogP contribution is 2.42. The SMILES string of the molecule is O=C(Cc1cccs1)NC1C(=O)N2C(C(=O)O)=C(CC3CCCCO3)CSC12. The van der Waals surface area contributed by atoms with Gasteiger partial charge in [0.2, 0.25) is 5.91 Å². The number of carbonyl (C=O) groups excluding carboxylic acids is 2. The molecule has 150 valence electrons. The van der Waals surface area contributed by atoms with Crippen LogP contribution in [-0.4, -0.2) is 57.7 Å². The van der Waals surface area contributed by atoms with Crippen molar-refractivity contribution in [3.8, 4) is 0 Å². The van der Waals surface area contributed by atoms with Crippen LogP contribution in [0.15, 0.2) is 28.8 Å². The van der Waals surface area contributed by atoms with E-state index in [1.54, 1.807) is 0 Å². The molecule has 3 aliphatic rings. The molecule has 2 fully saturated rings. The third-order valence-electron chi connectivity index (χ3n) is 5.23. The second kappa shape index (κ2) is 8.26. The Hall–Kier alpha value is -1.84. The minimum atomic E-state index is -1.09. The number of carbonyl (C=O) groups is 3. The molecule has 28 heavy (non-hydrogen) atoms. The van der Waals surface area contributed by atoms with Crippen molar-refractivity contribution in [2.24, 2.45) is 0 Å². The Kier molecular flexibility index (Phi) is 5.75. The maximum Gasteiger partial charge on any atom is 0.352 e. The number of carboxylic acids is 1. The summed E-state index contributed by atoms with van der Waals surface area (Å²) in [5.41, 5.74) is 0.823. The number of nitrogens with zero attached hydrogens (tertiary/aromatic N) is 1. The lowest BCUT2D eigenvalue weighted by Crippen LogP contribution is -2.70. The van der Waals surface area contributed by atoms with E-state index in [-0.39, 0.29) is 35.4 Å². The van der Waals surface area contributed by atoms with Crippen LogP contribution >= 0.6 is 23.1 Å². The number of thioether (sulfide) groups is 1. The molecule has 0 radical (unpaired) electrons. The molecule has 2 N–H and O–H groups in total. The van der Waals surface area contributed by atoms with E-state index in [9.17, 15) is 19.5 Å². The molecule has 2 amide bonds. The zero-order valence-electron chi connectivity index (χ0n) is 15.3. The average Bonchev–Trinajstić information content (AvgIpc) is 3.19. The van der Waals surface area contributed by atoms with E-state index in [1.165, 1.54) is 28.0 Å². The highest BCUT2D eigenvalue weighted by molar-refractivity contribution is 8.00. The van der Waals surface area contributed by atoms with Crippen LogP contribution in [0.4, 0.5) is 0 Å². The molecule has 7 nitrogen and oxygen atoms in total. The number of carboxylic acid groups (broad SMARTS) is 1. The number of fused-ring (bicyclic) bond motifs is 1. The van der Waals surface area contributed by atoms with Crippen molar-refractivity contribution in [1.29, 1.82) is 0 Å². The third kappa shape index (κ3) is 3.83.